The number of rotatable bonds is 15. The number of benzene rings is 5. The third-order valence-electron chi connectivity index (χ3n) is 18.4. The first-order valence-electron chi connectivity index (χ1n) is 33.1. The van der Waals surface area contributed by atoms with E-state index >= 15 is 14.4 Å². The number of phenols is 3. The second kappa shape index (κ2) is 32.2. The standard InChI is InChI=1S/C68H76Cl2N12O23S2/c1-23(2)12-34(74-5)58(92)79-49-51(87)26-7-10-38(32(69)14-26)101-40-16-28-17-41(55(40)105-65-56(104-44-21-68(4,73)57(91)24(3)100-44)54(90)53(89)42(103-65)22-106-67-82-81-66(72)107-67)102-39-11-8-27(15-33(39)70)52(88)50-63(97)78-48(64(98)99)31-18-29(83)19-37(85)45(31)30-13-25(6-9-36(30)84)46(60(94)80-50)77-61(95)47(28)76-59(93)35(20-43(71)86)75-62(49)96/h6-11,13-19,23-24,34-35,42,44,46-54,56-57,65,74,83-85,87-91H,12,20-22,73H2,1-5H3,(H2,71,86)(H2,72,81)(H,75,96)(H,76,93)(H,77,95)(H,78,97)(H,79,92)(H,80,94)(H,98,99)/t24?,34-,35+,42?,44?,46-,47-,48-,49-,50+,51-,52-,53?,54?,56?,57?,65?,68?/m1/s1. The van der Waals surface area contributed by atoms with Crippen molar-refractivity contribution in [1.82, 2.24) is 47.4 Å². The number of carbonyl (C=O) groups is 8. The topological polar surface area (TPSA) is 562 Å². The van der Waals surface area contributed by atoms with Crippen molar-refractivity contribution in [1.29, 1.82) is 0 Å². The van der Waals surface area contributed by atoms with Gasteiger partial charge in [0.2, 0.25) is 58.5 Å². The van der Waals surface area contributed by atoms with Gasteiger partial charge in [0.15, 0.2) is 34.3 Å². The maximum absolute atomic E-state index is 16.2. The van der Waals surface area contributed by atoms with E-state index in [4.69, 9.17) is 68.8 Å². The number of nitrogens with two attached hydrogens (primary N) is 3. The van der Waals surface area contributed by atoms with Crippen LogP contribution in [0, 0.1) is 5.92 Å². The van der Waals surface area contributed by atoms with Crippen molar-refractivity contribution in [3.05, 3.63) is 117 Å². The molecule has 7 amide bonds. The molecular formula is C68H76Cl2N12O23S2. The zero-order valence-corrected chi connectivity index (χ0v) is 60.3. The molecule has 22 N–H and O–H groups in total. The lowest BCUT2D eigenvalue weighted by atomic mass is 9.86. The summed E-state index contributed by atoms with van der Waals surface area (Å²) in [4.78, 5) is 118. The number of fused-ring (bicyclic) bond motifs is 15. The van der Waals surface area contributed by atoms with Gasteiger partial charge in [-0.05, 0) is 110 Å². The number of carbonyl (C=O) groups excluding carboxylic acids is 7. The molecule has 11 bridgehead atoms. The summed E-state index contributed by atoms with van der Waals surface area (Å²) in [7, 11) is 1.48. The predicted octanol–water partition coefficient (Wildman–Crippen LogP) is 1.34. The van der Waals surface area contributed by atoms with E-state index < -0.39 is 225 Å². The molecule has 0 aliphatic carbocycles. The average Bonchev–Trinajstić information content (AvgIpc) is 0.971. The van der Waals surface area contributed by atoms with Gasteiger partial charge in [-0.2, -0.15) is 0 Å². The lowest BCUT2D eigenvalue weighted by Crippen LogP contribution is -2.64. The van der Waals surface area contributed by atoms with E-state index in [1.54, 1.807) is 0 Å². The molecule has 107 heavy (non-hydrogen) atoms. The fourth-order valence-electron chi connectivity index (χ4n) is 12.9. The summed E-state index contributed by atoms with van der Waals surface area (Å²) in [5.74, 6) is -16.1. The van der Waals surface area contributed by atoms with Gasteiger partial charge in [0.1, 0.15) is 83.4 Å². The van der Waals surface area contributed by atoms with Crippen LogP contribution >= 0.6 is 46.3 Å². The van der Waals surface area contributed by atoms with Crippen LogP contribution in [0.4, 0.5) is 5.13 Å². The smallest absolute Gasteiger partial charge is 0.330 e. The number of hydrogen-bond donors (Lipinski definition) is 19. The van der Waals surface area contributed by atoms with Crippen molar-refractivity contribution in [3.8, 4) is 57.1 Å². The molecule has 1 aromatic heterocycles. The molecule has 2 fully saturated rings. The summed E-state index contributed by atoms with van der Waals surface area (Å²) in [5.41, 5.74) is 14.0. The normalized spacial score (nSPS) is 28.4. The van der Waals surface area contributed by atoms with Crippen LogP contribution in [0.5, 0.6) is 46.0 Å². The Kier molecular flexibility index (Phi) is 23.6. The Morgan fingerprint density at radius 2 is 1.37 bits per heavy atom. The molecule has 13 rings (SSSR count). The second-order valence-electron chi connectivity index (χ2n) is 26.7. The van der Waals surface area contributed by atoms with Crippen LogP contribution in [0.15, 0.2) is 83.2 Å². The first kappa shape index (κ1) is 78.6. The lowest BCUT2D eigenvalue weighted by Gasteiger charge is -2.47. The Bertz CT molecular complexity index is 4470. The number of nitrogens with one attached hydrogen (secondary N) is 7. The number of carboxylic acid groups (broad SMARTS) is 1. The Morgan fingerprint density at radius 3 is 1.97 bits per heavy atom. The van der Waals surface area contributed by atoms with Crippen LogP contribution in [-0.4, -0.2) is 195 Å². The summed E-state index contributed by atoms with van der Waals surface area (Å²) >= 11 is 16.3. The number of hydrogen-bond acceptors (Lipinski definition) is 29. The number of anilines is 1. The summed E-state index contributed by atoms with van der Waals surface area (Å²) in [5, 5.41) is 130. The number of primary amides is 1. The Morgan fingerprint density at radius 1 is 0.748 bits per heavy atom. The number of aliphatic hydroxyl groups is 5. The molecule has 18 atom stereocenters. The van der Waals surface area contributed by atoms with Gasteiger partial charge in [0, 0.05) is 40.5 Å². The van der Waals surface area contributed by atoms with Crippen LogP contribution < -0.4 is 68.6 Å². The minimum Gasteiger partial charge on any atom is -0.508 e. The number of aliphatic carboxylic acids is 1. The van der Waals surface area contributed by atoms with Gasteiger partial charge in [-0.3, -0.25) is 33.6 Å². The SMILES string of the molecule is CN[C@H](CC(C)C)C(=O)N[C@H]1C(=O)N[C@@H](CC(N)=O)C(=O)N[C@H]2C(=O)N[C@H]3C(=O)N[C@H](C(=O)N[C@@H](C(=O)O)c4cc(O)cc(O)c4-c4cc3ccc4O)[C@H](O)c3ccc(c(Cl)c3)Oc3cc2cc(c3OC2OC(CSc3nnc(N)s3)C(O)C(O)C2OC2CC(C)(N)C(O)C(C)O2)Oc2ccc(cc2Cl)[C@H]1O. The molecule has 5 aromatic carbocycles. The number of aromatic hydroxyl groups is 3. The zero-order valence-electron chi connectivity index (χ0n) is 57.2. The zero-order chi connectivity index (χ0) is 77.5. The van der Waals surface area contributed by atoms with Gasteiger partial charge in [-0.15, -0.1) is 10.2 Å². The molecule has 7 aliphatic rings. The molecule has 8 heterocycles. The fourth-order valence-corrected chi connectivity index (χ4v) is 15.1. The molecule has 2 saturated heterocycles. The van der Waals surface area contributed by atoms with Gasteiger partial charge in [-0.1, -0.05) is 78.3 Å². The summed E-state index contributed by atoms with van der Waals surface area (Å²) < 4.78 is 39.7. The van der Waals surface area contributed by atoms with Crippen LogP contribution in [-0.2, 0) is 52.6 Å². The summed E-state index contributed by atoms with van der Waals surface area (Å²) in [6.45, 7) is 6.68. The number of likely N-dealkylation sites (N-methyl/N-ethyl adjacent to an activating group) is 1. The van der Waals surface area contributed by atoms with E-state index in [2.05, 4.69) is 47.4 Å². The van der Waals surface area contributed by atoms with Crippen molar-refractivity contribution in [2.45, 2.75) is 161 Å². The molecule has 39 heteroatoms. The highest BCUT2D eigenvalue weighted by atomic mass is 35.5. The number of aliphatic hydroxyl groups excluding tert-OH is 5. The summed E-state index contributed by atoms with van der Waals surface area (Å²) in [6.07, 6.45) is -18.1. The van der Waals surface area contributed by atoms with Crippen LogP contribution in [0.3, 0.4) is 0 Å². The Labute approximate surface area is 626 Å². The van der Waals surface area contributed by atoms with Gasteiger partial charge >= 0.3 is 5.97 Å². The van der Waals surface area contributed by atoms with Crippen LogP contribution in [0.25, 0.3) is 11.1 Å². The third kappa shape index (κ3) is 17.1. The first-order valence-corrected chi connectivity index (χ1v) is 35.7. The molecule has 7 aliphatic heterocycles. The van der Waals surface area contributed by atoms with Crippen molar-refractivity contribution >= 4 is 98.8 Å². The molecule has 0 spiro atoms. The highest BCUT2D eigenvalue weighted by molar-refractivity contribution is 8.01. The number of phenolic OH excluding ortho intramolecular Hbond substituents is 3. The molecular weight excluding hydrogens is 1490 g/mol. The van der Waals surface area contributed by atoms with Crippen molar-refractivity contribution in [2.75, 3.05) is 18.5 Å². The third-order valence-corrected chi connectivity index (χ3v) is 21.0. The molecule has 572 valence electrons. The predicted molar refractivity (Wildman–Crippen MR) is 377 cm³/mol. The minimum atomic E-state index is -2.35. The maximum atomic E-state index is 16.2. The number of carboxylic acids is 1. The summed E-state index contributed by atoms with van der Waals surface area (Å²) in [6, 6.07) is -0.506. The van der Waals surface area contributed by atoms with E-state index in [9.17, 15) is 69.9 Å². The van der Waals surface area contributed by atoms with E-state index in [-0.39, 0.29) is 62.9 Å². The Balaban J connectivity index is 1.16. The average molecular weight is 1560 g/mol. The van der Waals surface area contributed by atoms with Crippen LogP contribution in [0.2, 0.25) is 10.0 Å². The monoisotopic (exact) mass is 1560 g/mol. The molecule has 6 aromatic rings. The van der Waals surface area contributed by atoms with Gasteiger partial charge < -0.3 is 129 Å². The number of amides is 7. The van der Waals surface area contributed by atoms with E-state index in [1.165, 1.54) is 33.0 Å². The van der Waals surface area contributed by atoms with Crippen LogP contribution in [0.1, 0.15) is 105 Å². The second-order valence-corrected chi connectivity index (χ2v) is 29.8. The number of thioether (sulfide) groups is 1. The highest BCUT2D eigenvalue weighted by Gasteiger charge is 2.52. The number of nitrogen functional groups attached to an aromatic ring is 1. The molecule has 35 nitrogen and oxygen atoms in total. The van der Waals surface area contributed by atoms with E-state index in [0.717, 1.165) is 89.8 Å². The largest absolute Gasteiger partial charge is 0.508 e. The quantitative estimate of drug-likeness (QED) is 0.0645. The lowest BCUT2D eigenvalue weighted by molar-refractivity contribution is -0.329. The number of halogens is 2. The van der Waals surface area contributed by atoms with Gasteiger partial charge in [-0.25, -0.2) is 4.79 Å². The molecule has 0 saturated carbocycles. The van der Waals surface area contributed by atoms with E-state index in [1.807, 2.05) is 13.8 Å². The molecule has 0 radical (unpaired) electrons. The van der Waals surface area contributed by atoms with Gasteiger partial charge in [0.05, 0.1) is 40.8 Å². The van der Waals surface area contributed by atoms with Crippen molar-refractivity contribution < 1.29 is 113 Å². The number of nitrogens with zero attached hydrogens (tertiary/aromatic N) is 2. The van der Waals surface area contributed by atoms with Crippen molar-refractivity contribution in [2.24, 2.45) is 17.4 Å². The maximum Gasteiger partial charge on any atom is 0.330 e. The first-order chi connectivity index (χ1) is 50.6. The van der Waals surface area contributed by atoms with Gasteiger partial charge in [0.25, 0.3) is 0 Å². The Hall–Kier alpha value is -9.45. The minimum absolute atomic E-state index is 0.0956. The fraction of sp³-hybridized carbons (Fsp3) is 0.412. The highest BCUT2D eigenvalue weighted by Crippen LogP contribution is 2.50. The number of aromatic nitrogens is 2. The molecule has 9 unspecified atom stereocenters. The van der Waals surface area contributed by atoms with E-state index in [0.29, 0.717) is 4.34 Å². The number of ether oxygens (including phenoxy) is 6. The van der Waals surface area contributed by atoms with Crippen molar-refractivity contribution in [3.63, 3.8) is 0 Å².